The molecule has 8 heteroatoms. The number of nitrogens with zero attached hydrogens (tertiary/aromatic N) is 2. The van der Waals surface area contributed by atoms with E-state index in [0.29, 0.717) is 5.69 Å². The number of benzene rings is 2. The van der Waals surface area contributed by atoms with E-state index in [9.17, 15) is 19.5 Å². The Balaban J connectivity index is 1.60. The molecule has 1 aromatic heterocycles. The van der Waals surface area contributed by atoms with Crippen molar-refractivity contribution >= 4 is 28.9 Å². The molecule has 1 heterocycles. The number of carboxylic acids is 2. The number of ether oxygens (including phenoxy) is 1. The number of aliphatic carboxylic acids is 1. The number of pyridine rings is 1. The predicted molar refractivity (Wildman–Crippen MR) is 125 cm³/mol. The quantitative estimate of drug-likeness (QED) is 0.493. The van der Waals surface area contributed by atoms with Crippen molar-refractivity contribution < 1.29 is 29.3 Å². The summed E-state index contributed by atoms with van der Waals surface area (Å²) in [4.78, 5) is 41.7. The maximum Gasteiger partial charge on any atom is 0.411 e. The molecule has 0 spiro atoms. The predicted octanol–water partition coefficient (Wildman–Crippen LogP) is 4.81. The molecule has 2 aromatic carbocycles. The minimum atomic E-state index is -1.07. The standard InChI is InChI=1S/C26H26N2O6/c1-15(2)23(25(31)32)28(26(33)34-20-9-10-20)14-16-3-11-22-19(13-16)8-12-21(27-22)17-4-6-18(7-5-17)24(29)30/h3-8,11-13,15,20,23H,9-10,14H2,1-2H3,(H,29,30)(H,31,32). The van der Waals surface area contributed by atoms with Crippen LogP contribution >= 0.6 is 0 Å². The molecule has 1 fully saturated rings. The Morgan fingerprint density at radius 3 is 2.32 bits per heavy atom. The van der Waals surface area contributed by atoms with E-state index in [1.54, 1.807) is 26.0 Å². The van der Waals surface area contributed by atoms with Crippen LogP contribution in [0.5, 0.6) is 0 Å². The van der Waals surface area contributed by atoms with E-state index in [1.165, 1.54) is 17.0 Å². The van der Waals surface area contributed by atoms with Crippen molar-refractivity contribution in [2.24, 2.45) is 5.92 Å². The number of fused-ring (bicyclic) bond motifs is 1. The number of rotatable bonds is 8. The Morgan fingerprint density at radius 2 is 1.74 bits per heavy atom. The first-order valence-corrected chi connectivity index (χ1v) is 11.2. The van der Waals surface area contributed by atoms with E-state index in [0.717, 1.165) is 34.9 Å². The normalized spacial score (nSPS) is 14.1. The summed E-state index contributed by atoms with van der Waals surface area (Å²) in [5, 5.41) is 19.7. The number of carbonyl (C=O) groups excluding carboxylic acids is 1. The summed E-state index contributed by atoms with van der Waals surface area (Å²) in [5.74, 6) is -2.34. The van der Waals surface area contributed by atoms with Crippen LogP contribution in [-0.2, 0) is 16.1 Å². The summed E-state index contributed by atoms with van der Waals surface area (Å²) in [6.07, 6.45) is 0.881. The summed E-state index contributed by atoms with van der Waals surface area (Å²) in [5.41, 5.74) is 3.21. The van der Waals surface area contributed by atoms with Gasteiger partial charge in [-0.1, -0.05) is 38.1 Å². The first kappa shape index (κ1) is 23.2. The summed E-state index contributed by atoms with van der Waals surface area (Å²) in [7, 11) is 0. The van der Waals surface area contributed by atoms with Crippen LogP contribution in [0.2, 0.25) is 0 Å². The van der Waals surface area contributed by atoms with Crippen molar-refractivity contribution in [2.45, 2.75) is 45.4 Å². The van der Waals surface area contributed by atoms with Crippen molar-refractivity contribution in [3.63, 3.8) is 0 Å². The molecule has 1 aliphatic carbocycles. The van der Waals surface area contributed by atoms with E-state index in [1.807, 2.05) is 30.3 Å². The molecular weight excluding hydrogens is 436 g/mol. The Morgan fingerprint density at radius 1 is 1.03 bits per heavy atom. The van der Waals surface area contributed by atoms with E-state index in [4.69, 9.17) is 9.84 Å². The fourth-order valence-electron chi connectivity index (χ4n) is 3.87. The third kappa shape index (κ3) is 5.17. The molecule has 176 valence electrons. The van der Waals surface area contributed by atoms with Gasteiger partial charge in [0.15, 0.2) is 0 Å². The second-order valence-corrected chi connectivity index (χ2v) is 8.84. The van der Waals surface area contributed by atoms with Gasteiger partial charge < -0.3 is 14.9 Å². The van der Waals surface area contributed by atoms with Gasteiger partial charge in [-0.15, -0.1) is 0 Å². The van der Waals surface area contributed by atoms with Gasteiger partial charge in [0, 0.05) is 17.5 Å². The lowest BCUT2D eigenvalue weighted by molar-refractivity contribution is -0.144. The second-order valence-electron chi connectivity index (χ2n) is 8.84. The van der Waals surface area contributed by atoms with Gasteiger partial charge >= 0.3 is 18.0 Å². The van der Waals surface area contributed by atoms with Crippen molar-refractivity contribution in [3.05, 3.63) is 65.7 Å². The first-order valence-electron chi connectivity index (χ1n) is 11.2. The first-order chi connectivity index (χ1) is 16.2. The molecule has 8 nitrogen and oxygen atoms in total. The van der Waals surface area contributed by atoms with Gasteiger partial charge in [0.2, 0.25) is 0 Å². The van der Waals surface area contributed by atoms with Crippen LogP contribution in [0.1, 0.15) is 42.6 Å². The average Bonchev–Trinajstić information content (AvgIpc) is 3.61. The average molecular weight is 463 g/mol. The number of aromatic nitrogens is 1. The van der Waals surface area contributed by atoms with Gasteiger partial charge in [-0.05, 0) is 54.7 Å². The highest BCUT2D eigenvalue weighted by atomic mass is 16.6. The molecule has 1 aliphatic rings. The lowest BCUT2D eigenvalue weighted by atomic mass is 10.0. The molecular formula is C26H26N2O6. The van der Waals surface area contributed by atoms with Crippen LogP contribution in [0, 0.1) is 5.92 Å². The minimum absolute atomic E-state index is 0.106. The van der Waals surface area contributed by atoms with Gasteiger partial charge in [-0.3, -0.25) is 4.90 Å². The molecule has 1 unspecified atom stereocenters. The monoisotopic (exact) mass is 462 g/mol. The Hall–Kier alpha value is -3.94. The second kappa shape index (κ2) is 9.51. The van der Waals surface area contributed by atoms with Gasteiger partial charge in [0.25, 0.3) is 0 Å². The van der Waals surface area contributed by atoms with Crippen LogP contribution in [0.3, 0.4) is 0 Å². The molecule has 34 heavy (non-hydrogen) atoms. The van der Waals surface area contributed by atoms with Crippen LogP contribution in [0.25, 0.3) is 22.2 Å². The molecule has 2 N–H and O–H groups in total. The van der Waals surface area contributed by atoms with E-state index < -0.39 is 24.1 Å². The molecule has 0 saturated heterocycles. The van der Waals surface area contributed by atoms with E-state index >= 15 is 0 Å². The van der Waals surface area contributed by atoms with Crippen LogP contribution < -0.4 is 0 Å². The zero-order valence-electron chi connectivity index (χ0n) is 19.0. The van der Waals surface area contributed by atoms with Gasteiger partial charge in [-0.2, -0.15) is 0 Å². The lowest BCUT2D eigenvalue weighted by Gasteiger charge is -2.30. The maximum absolute atomic E-state index is 12.8. The van der Waals surface area contributed by atoms with Crippen molar-refractivity contribution in [1.29, 1.82) is 0 Å². The molecule has 3 aromatic rings. The van der Waals surface area contributed by atoms with Crippen molar-refractivity contribution in [2.75, 3.05) is 0 Å². The van der Waals surface area contributed by atoms with Crippen molar-refractivity contribution in [3.8, 4) is 11.3 Å². The molecule has 0 bridgehead atoms. The number of carbonyl (C=O) groups is 3. The number of carboxylic acid groups (broad SMARTS) is 2. The maximum atomic E-state index is 12.8. The highest BCUT2D eigenvalue weighted by Crippen LogP contribution is 2.27. The smallest absolute Gasteiger partial charge is 0.411 e. The largest absolute Gasteiger partial charge is 0.480 e. The summed E-state index contributed by atoms with van der Waals surface area (Å²) >= 11 is 0. The van der Waals surface area contributed by atoms with E-state index in [-0.39, 0.29) is 24.1 Å². The molecule has 1 saturated carbocycles. The topological polar surface area (TPSA) is 117 Å². The zero-order valence-corrected chi connectivity index (χ0v) is 19.0. The van der Waals surface area contributed by atoms with Crippen LogP contribution in [0.4, 0.5) is 4.79 Å². The van der Waals surface area contributed by atoms with Gasteiger partial charge in [0.05, 0.1) is 16.8 Å². The highest BCUT2D eigenvalue weighted by molar-refractivity contribution is 5.88. The fourth-order valence-corrected chi connectivity index (χ4v) is 3.87. The van der Waals surface area contributed by atoms with Gasteiger partial charge in [-0.25, -0.2) is 19.4 Å². The number of amides is 1. The molecule has 1 atom stereocenters. The minimum Gasteiger partial charge on any atom is -0.480 e. The summed E-state index contributed by atoms with van der Waals surface area (Å²) in [6, 6.07) is 14.8. The lowest BCUT2D eigenvalue weighted by Crippen LogP contribution is -2.48. The third-order valence-electron chi connectivity index (χ3n) is 5.78. The zero-order chi connectivity index (χ0) is 24.4. The Kier molecular flexibility index (Phi) is 6.49. The SMILES string of the molecule is CC(C)C(C(=O)O)N(Cc1ccc2nc(-c3ccc(C(=O)O)cc3)ccc2c1)C(=O)OC1CC1. The van der Waals surface area contributed by atoms with E-state index in [2.05, 4.69) is 4.98 Å². The van der Waals surface area contributed by atoms with Gasteiger partial charge in [0.1, 0.15) is 12.1 Å². The molecule has 0 radical (unpaired) electrons. The summed E-state index contributed by atoms with van der Waals surface area (Å²) in [6.45, 7) is 3.64. The highest BCUT2D eigenvalue weighted by Gasteiger charge is 2.36. The Labute approximate surface area is 196 Å². The van der Waals surface area contributed by atoms with Crippen LogP contribution in [-0.4, -0.2) is 50.3 Å². The van der Waals surface area contributed by atoms with Crippen molar-refractivity contribution in [1.82, 2.24) is 9.88 Å². The summed E-state index contributed by atoms with van der Waals surface area (Å²) < 4.78 is 5.43. The number of hydrogen-bond acceptors (Lipinski definition) is 5. The number of hydrogen-bond donors (Lipinski definition) is 2. The van der Waals surface area contributed by atoms with Crippen LogP contribution in [0.15, 0.2) is 54.6 Å². The number of aromatic carboxylic acids is 1. The third-order valence-corrected chi connectivity index (χ3v) is 5.78. The fraction of sp³-hybridized carbons (Fsp3) is 0.308. The molecule has 1 amide bonds. The Bertz CT molecular complexity index is 1230. The molecule has 4 rings (SSSR count). The molecule has 0 aliphatic heterocycles.